The van der Waals surface area contributed by atoms with Gasteiger partial charge in [-0.1, -0.05) is 30.3 Å². The van der Waals surface area contributed by atoms with E-state index in [0.29, 0.717) is 0 Å². The molecule has 0 spiro atoms. The van der Waals surface area contributed by atoms with Crippen LogP contribution in [0.2, 0.25) is 0 Å². The van der Waals surface area contributed by atoms with E-state index in [4.69, 9.17) is 9.47 Å². The molecule has 106 valence electrons. The molecule has 0 radical (unpaired) electrons. The standard InChI is InChI=1S/C18H12N2O2/c1-2-6-13-11(5-1)12-9-10-19-17(16(12)20-13)18-21-14-7-3-4-8-15(14)22-18/h1-10,18,20H. The number of H-pyrrole nitrogens is 1. The summed E-state index contributed by atoms with van der Waals surface area (Å²) in [5.41, 5.74) is 2.81. The highest BCUT2D eigenvalue weighted by molar-refractivity contribution is 6.07. The molecule has 4 heteroatoms. The van der Waals surface area contributed by atoms with Crippen LogP contribution < -0.4 is 9.47 Å². The van der Waals surface area contributed by atoms with E-state index in [9.17, 15) is 0 Å². The van der Waals surface area contributed by atoms with E-state index in [1.54, 1.807) is 6.20 Å². The Morgan fingerprint density at radius 3 is 2.36 bits per heavy atom. The molecule has 0 saturated heterocycles. The van der Waals surface area contributed by atoms with E-state index in [1.165, 1.54) is 5.39 Å². The summed E-state index contributed by atoms with van der Waals surface area (Å²) in [4.78, 5) is 7.91. The second kappa shape index (κ2) is 4.24. The summed E-state index contributed by atoms with van der Waals surface area (Å²) < 4.78 is 11.8. The lowest BCUT2D eigenvalue weighted by Gasteiger charge is -2.10. The Hall–Kier alpha value is -3.01. The normalized spacial score (nSPS) is 14.0. The fourth-order valence-corrected chi connectivity index (χ4v) is 2.99. The van der Waals surface area contributed by atoms with Crippen molar-refractivity contribution >= 4 is 21.8 Å². The average Bonchev–Trinajstić information content (AvgIpc) is 3.15. The Labute approximate surface area is 126 Å². The molecule has 4 aromatic rings. The molecular formula is C18H12N2O2. The Morgan fingerprint density at radius 2 is 1.55 bits per heavy atom. The molecule has 0 unspecified atom stereocenters. The number of nitrogens with one attached hydrogen (secondary N) is 1. The lowest BCUT2D eigenvalue weighted by atomic mass is 10.1. The number of aromatic amines is 1. The first-order valence-electron chi connectivity index (χ1n) is 7.18. The molecule has 0 aliphatic carbocycles. The number of benzene rings is 2. The van der Waals surface area contributed by atoms with E-state index >= 15 is 0 Å². The molecule has 5 rings (SSSR count). The highest BCUT2D eigenvalue weighted by atomic mass is 16.7. The number of hydrogen-bond donors (Lipinski definition) is 1. The second-order valence-electron chi connectivity index (χ2n) is 5.30. The van der Waals surface area contributed by atoms with Crippen molar-refractivity contribution < 1.29 is 9.47 Å². The lowest BCUT2D eigenvalue weighted by molar-refractivity contribution is 0.0461. The number of ether oxygens (including phenoxy) is 2. The summed E-state index contributed by atoms with van der Waals surface area (Å²) >= 11 is 0. The summed E-state index contributed by atoms with van der Waals surface area (Å²) in [6.07, 6.45) is 1.28. The Balaban J connectivity index is 1.70. The first-order valence-corrected chi connectivity index (χ1v) is 7.18. The quantitative estimate of drug-likeness (QED) is 0.571. The van der Waals surface area contributed by atoms with Crippen molar-refractivity contribution in [3.8, 4) is 11.5 Å². The molecule has 1 aliphatic rings. The largest absolute Gasteiger partial charge is 0.445 e. The van der Waals surface area contributed by atoms with Crippen LogP contribution in [0.5, 0.6) is 11.5 Å². The molecule has 1 aliphatic heterocycles. The zero-order valence-electron chi connectivity index (χ0n) is 11.6. The van der Waals surface area contributed by atoms with Gasteiger partial charge in [0.2, 0.25) is 0 Å². The predicted molar refractivity (Wildman–Crippen MR) is 84.0 cm³/mol. The molecular weight excluding hydrogens is 276 g/mol. The Kier molecular flexibility index (Phi) is 2.24. The van der Waals surface area contributed by atoms with Gasteiger partial charge in [-0.25, -0.2) is 0 Å². The average molecular weight is 288 g/mol. The summed E-state index contributed by atoms with van der Waals surface area (Å²) in [6, 6.07) is 17.9. The molecule has 0 bridgehead atoms. The van der Waals surface area contributed by atoms with E-state index in [-0.39, 0.29) is 0 Å². The fourth-order valence-electron chi connectivity index (χ4n) is 2.99. The van der Waals surface area contributed by atoms with Crippen LogP contribution in [-0.2, 0) is 0 Å². The fraction of sp³-hybridized carbons (Fsp3) is 0.0556. The molecule has 0 fully saturated rings. The SMILES string of the molecule is c1ccc2c(c1)OC(c1nccc3c1[nH]c1ccccc13)O2. The maximum absolute atomic E-state index is 5.89. The topological polar surface area (TPSA) is 47.1 Å². The highest BCUT2D eigenvalue weighted by Gasteiger charge is 2.28. The van der Waals surface area contributed by atoms with E-state index in [0.717, 1.165) is 33.6 Å². The van der Waals surface area contributed by atoms with Crippen molar-refractivity contribution in [3.05, 3.63) is 66.5 Å². The molecule has 0 atom stereocenters. The molecule has 2 aromatic carbocycles. The zero-order chi connectivity index (χ0) is 14.5. The number of pyridine rings is 1. The van der Waals surface area contributed by atoms with Crippen LogP contribution in [0, 0.1) is 0 Å². The minimum absolute atomic E-state index is 0.519. The number of hydrogen-bond acceptors (Lipinski definition) is 3. The molecule has 0 saturated carbocycles. The van der Waals surface area contributed by atoms with Crippen molar-refractivity contribution in [2.24, 2.45) is 0 Å². The number of nitrogens with zero attached hydrogens (tertiary/aromatic N) is 1. The third-order valence-electron chi connectivity index (χ3n) is 4.00. The highest BCUT2D eigenvalue weighted by Crippen LogP contribution is 2.41. The van der Waals surface area contributed by atoms with E-state index in [1.807, 2.05) is 42.5 Å². The summed E-state index contributed by atoms with van der Waals surface area (Å²) in [5.74, 6) is 1.50. The predicted octanol–water partition coefficient (Wildman–Crippen LogP) is 4.19. The Bertz CT molecular complexity index is 981. The molecule has 2 aromatic heterocycles. The summed E-state index contributed by atoms with van der Waals surface area (Å²) in [5, 5.41) is 2.31. The lowest BCUT2D eigenvalue weighted by Crippen LogP contribution is -2.10. The van der Waals surface area contributed by atoms with Gasteiger partial charge < -0.3 is 14.5 Å². The van der Waals surface area contributed by atoms with Crippen LogP contribution in [0.1, 0.15) is 12.0 Å². The first-order chi connectivity index (χ1) is 10.9. The molecule has 22 heavy (non-hydrogen) atoms. The smallest absolute Gasteiger partial charge is 0.287 e. The van der Waals surface area contributed by atoms with Gasteiger partial charge in [-0.15, -0.1) is 0 Å². The van der Waals surface area contributed by atoms with Gasteiger partial charge in [-0.2, -0.15) is 0 Å². The summed E-state index contributed by atoms with van der Waals surface area (Å²) in [7, 11) is 0. The second-order valence-corrected chi connectivity index (χ2v) is 5.30. The third-order valence-corrected chi connectivity index (χ3v) is 4.00. The minimum Gasteiger partial charge on any atom is -0.445 e. The molecule has 4 nitrogen and oxygen atoms in total. The van der Waals surface area contributed by atoms with Crippen LogP contribution in [0.25, 0.3) is 21.8 Å². The van der Waals surface area contributed by atoms with Crippen molar-refractivity contribution in [1.82, 2.24) is 9.97 Å². The molecule has 1 N–H and O–H groups in total. The molecule has 0 amide bonds. The third kappa shape index (κ3) is 1.55. The van der Waals surface area contributed by atoms with Crippen LogP contribution in [-0.4, -0.2) is 9.97 Å². The van der Waals surface area contributed by atoms with Crippen molar-refractivity contribution in [3.63, 3.8) is 0 Å². The van der Waals surface area contributed by atoms with Gasteiger partial charge in [0.15, 0.2) is 11.5 Å². The van der Waals surface area contributed by atoms with Crippen LogP contribution in [0.3, 0.4) is 0 Å². The number of para-hydroxylation sites is 3. The van der Waals surface area contributed by atoms with Gasteiger partial charge in [0.25, 0.3) is 6.29 Å². The van der Waals surface area contributed by atoms with Crippen molar-refractivity contribution in [2.45, 2.75) is 6.29 Å². The van der Waals surface area contributed by atoms with Gasteiger partial charge in [-0.3, -0.25) is 4.98 Å². The van der Waals surface area contributed by atoms with Crippen LogP contribution in [0.15, 0.2) is 60.8 Å². The summed E-state index contributed by atoms with van der Waals surface area (Å²) in [6.45, 7) is 0. The van der Waals surface area contributed by atoms with Crippen molar-refractivity contribution in [2.75, 3.05) is 0 Å². The van der Waals surface area contributed by atoms with E-state index in [2.05, 4.69) is 22.1 Å². The van der Waals surface area contributed by atoms with Crippen LogP contribution in [0.4, 0.5) is 0 Å². The van der Waals surface area contributed by atoms with Gasteiger partial charge in [-0.05, 0) is 24.3 Å². The van der Waals surface area contributed by atoms with Gasteiger partial charge in [0, 0.05) is 22.5 Å². The maximum Gasteiger partial charge on any atom is 0.287 e. The van der Waals surface area contributed by atoms with E-state index < -0.39 is 6.29 Å². The Morgan fingerprint density at radius 1 is 0.818 bits per heavy atom. The number of rotatable bonds is 1. The van der Waals surface area contributed by atoms with Gasteiger partial charge in [0.05, 0.1) is 5.52 Å². The number of fused-ring (bicyclic) bond motifs is 4. The number of aromatic nitrogens is 2. The van der Waals surface area contributed by atoms with Gasteiger partial charge >= 0.3 is 0 Å². The van der Waals surface area contributed by atoms with Crippen molar-refractivity contribution in [1.29, 1.82) is 0 Å². The maximum atomic E-state index is 5.89. The molecule has 3 heterocycles. The first kappa shape index (κ1) is 11.6. The minimum atomic E-state index is -0.519. The van der Waals surface area contributed by atoms with Gasteiger partial charge in [0.1, 0.15) is 5.69 Å². The van der Waals surface area contributed by atoms with Crippen LogP contribution >= 0.6 is 0 Å². The zero-order valence-corrected chi connectivity index (χ0v) is 11.6. The monoisotopic (exact) mass is 288 g/mol.